The predicted octanol–water partition coefficient (Wildman–Crippen LogP) is 4.17. The van der Waals surface area contributed by atoms with Crippen LogP contribution in [0.1, 0.15) is 6.42 Å². The number of aliphatic hydroxyl groups is 1. The number of ether oxygens (including phenoxy) is 1. The Morgan fingerprint density at radius 1 is 1.16 bits per heavy atom. The first-order chi connectivity index (χ1) is 14.9. The van der Waals surface area contributed by atoms with Gasteiger partial charge in [-0.1, -0.05) is 6.07 Å². The van der Waals surface area contributed by atoms with Gasteiger partial charge in [-0.05, 0) is 30.7 Å². The lowest BCUT2D eigenvalue weighted by molar-refractivity contribution is -0.0815. The number of pyridine rings is 1. The number of nitrogens with one attached hydrogen (secondary N) is 2. The van der Waals surface area contributed by atoms with Gasteiger partial charge in [0.2, 0.25) is 5.95 Å². The first-order valence-electron chi connectivity index (χ1n) is 9.09. The largest absolute Gasteiger partial charge is 0.445 e. The summed E-state index contributed by atoms with van der Waals surface area (Å²) < 4.78 is 40.8. The quantitative estimate of drug-likeness (QED) is 0.198. The summed E-state index contributed by atoms with van der Waals surface area (Å²) >= 11 is 0.913. The minimum atomic E-state index is -3.31. The minimum absolute atomic E-state index is 0.0771. The molecular weight excluding hydrogens is 528 g/mol. The highest BCUT2D eigenvalue weighted by molar-refractivity contribution is 14.1. The molecule has 0 fully saturated rings. The molecule has 0 spiro atoms. The summed E-state index contributed by atoms with van der Waals surface area (Å²) in [5, 5.41) is 14.9. The van der Waals surface area contributed by atoms with E-state index in [2.05, 4.69) is 30.6 Å². The molecule has 0 amide bonds. The molecule has 164 valence electrons. The Hall–Kier alpha value is -2.74. The monoisotopic (exact) mass is 546 g/mol. The minimum Gasteiger partial charge on any atom is -0.445 e. The maximum absolute atomic E-state index is 13.8. The molecule has 2 aromatic heterocycles. The van der Waals surface area contributed by atoms with Gasteiger partial charge in [-0.15, -0.1) is 0 Å². The lowest BCUT2D eigenvalue weighted by Gasteiger charge is -2.19. The first kappa shape index (κ1) is 22.9. The van der Waals surface area contributed by atoms with Crippen LogP contribution in [-0.4, -0.2) is 48.5 Å². The normalized spacial score (nSPS) is 13.0. The summed E-state index contributed by atoms with van der Waals surface area (Å²) in [6, 6.07) is 9.36. The van der Waals surface area contributed by atoms with Crippen LogP contribution in [0.5, 0.6) is 5.75 Å². The summed E-state index contributed by atoms with van der Waals surface area (Å²) in [5.41, 5.74) is 1.10. The summed E-state index contributed by atoms with van der Waals surface area (Å²) in [5.74, 6) is 1.11. The highest BCUT2D eigenvalue weighted by atomic mass is 127. The Bertz CT molecular complexity index is 1010. The third-order valence-electron chi connectivity index (χ3n) is 3.83. The van der Waals surface area contributed by atoms with Crippen LogP contribution in [0, 0.1) is 0 Å². The number of nitrogens with zero attached hydrogens (tertiary/aromatic N) is 4. The van der Waals surface area contributed by atoms with Crippen LogP contribution in [0.2, 0.25) is 0 Å². The van der Waals surface area contributed by atoms with E-state index in [0.717, 1.165) is 22.6 Å². The van der Waals surface area contributed by atoms with Gasteiger partial charge in [-0.2, -0.15) is 9.37 Å². The summed E-state index contributed by atoms with van der Waals surface area (Å²) in [6.45, 7) is 0.645. The molecule has 1 aromatic carbocycles. The third-order valence-corrected chi connectivity index (χ3v) is 4.52. The molecule has 3 aromatic rings. The lowest BCUT2D eigenvalue weighted by atomic mass is 10.2. The maximum Gasteiger partial charge on any atom is 0.359 e. The van der Waals surface area contributed by atoms with E-state index >= 15 is 0 Å². The third kappa shape index (κ3) is 6.62. The number of hydrogen-bond acceptors (Lipinski definition) is 8. The molecule has 0 saturated carbocycles. The molecule has 8 nitrogen and oxygen atoms in total. The van der Waals surface area contributed by atoms with E-state index in [9.17, 15) is 13.2 Å². The van der Waals surface area contributed by atoms with Crippen LogP contribution < -0.4 is 15.4 Å². The van der Waals surface area contributed by atoms with Gasteiger partial charge in [0.15, 0.2) is 5.82 Å². The van der Waals surface area contributed by atoms with Crippen LogP contribution in [0.4, 0.5) is 30.6 Å². The van der Waals surface area contributed by atoms with E-state index < -0.39 is 10.3 Å². The van der Waals surface area contributed by atoms with Crippen molar-refractivity contribution in [3.8, 4) is 17.1 Å². The van der Waals surface area contributed by atoms with Gasteiger partial charge in [-0.3, -0.25) is 0 Å². The van der Waals surface area contributed by atoms with Crippen molar-refractivity contribution in [1.29, 1.82) is 0 Å². The molecule has 0 radical (unpaired) electrons. The summed E-state index contributed by atoms with van der Waals surface area (Å²) in [7, 11) is 0. The number of halogens is 4. The number of aliphatic hydroxyl groups excluding tert-OH is 1. The van der Waals surface area contributed by atoms with E-state index in [0.29, 0.717) is 35.9 Å². The zero-order valence-electron chi connectivity index (χ0n) is 16.0. The predicted molar refractivity (Wildman–Crippen MR) is 117 cm³/mol. The number of alkyl halides is 4. The highest BCUT2D eigenvalue weighted by Crippen LogP contribution is 2.33. The number of rotatable bonds is 10. The van der Waals surface area contributed by atoms with Crippen molar-refractivity contribution >= 4 is 40.0 Å². The average Bonchev–Trinajstić information content (AvgIpc) is 2.74. The van der Waals surface area contributed by atoms with Gasteiger partial charge >= 0.3 is 10.3 Å². The molecule has 31 heavy (non-hydrogen) atoms. The second-order valence-corrected chi connectivity index (χ2v) is 7.65. The fraction of sp³-hybridized carbons (Fsp3) is 0.263. The molecule has 0 aliphatic heterocycles. The van der Waals surface area contributed by atoms with E-state index in [1.54, 1.807) is 24.4 Å². The van der Waals surface area contributed by atoms with Crippen LogP contribution >= 0.6 is 22.6 Å². The number of anilines is 3. The highest BCUT2D eigenvalue weighted by Gasteiger charge is 2.40. The van der Waals surface area contributed by atoms with Crippen molar-refractivity contribution in [2.45, 2.75) is 16.7 Å². The standard InChI is InChI=1S/C19H18F3IN6O2/c20-17(21)19(22,23)31-14-4-1-3-13(10-14)28-18-27-11-26-16(29-18)12-5-7-25-15(9-12)24-6-2-8-30/h1,3-5,7,9-11,17,30H,2,6,8H2,(H,24,25)(H,26,27,28,29). The smallest absolute Gasteiger partial charge is 0.359 e. The Morgan fingerprint density at radius 3 is 2.77 bits per heavy atom. The Morgan fingerprint density at radius 2 is 2.00 bits per heavy atom. The van der Waals surface area contributed by atoms with Gasteiger partial charge in [-0.25, -0.2) is 23.7 Å². The molecule has 3 rings (SSSR count). The van der Waals surface area contributed by atoms with Crippen LogP contribution in [-0.2, 0) is 0 Å². The molecule has 2 heterocycles. The molecule has 0 saturated heterocycles. The van der Waals surface area contributed by atoms with E-state index in [1.165, 1.54) is 24.5 Å². The zero-order valence-corrected chi connectivity index (χ0v) is 18.1. The second kappa shape index (κ2) is 10.5. The summed E-state index contributed by atoms with van der Waals surface area (Å²) in [4.78, 5) is 16.7. The SMILES string of the molecule is OCCCNc1cc(-c2ncnc(Nc3cccc(OC(F)(I)C(F)F)c3)n2)ccn1. The van der Waals surface area contributed by atoms with Gasteiger partial charge in [0.05, 0.1) is 0 Å². The van der Waals surface area contributed by atoms with Crippen molar-refractivity contribution in [3.05, 3.63) is 48.9 Å². The van der Waals surface area contributed by atoms with E-state index in [-0.39, 0.29) is 18.3 Å². The molecule has 3 N–H and O–H groups in total. The Balaban J connectivity index is 1.74. The number of aromatic nitrogens is 4. The Labute approximate surface area is 189 Å². The fourth-order valence-electron chi connectivity index (χ4n) is 2.43. The number of benzene rings is 1. The first-order valence-corrected chi connectivity index (χ1v) is 10.2. The van der Waals surface area contributed by atoms with Crippen molar-refractivity contribution < 1.29 is 23.0 Å². The van der Waals surface area contributed by atoms with Crippen molar-refractivity contribution in [3.63, 3.8) is 0 Å². The summed E-state index contributed by atoms with van der Waals surface area (Å²) in [6.07, 6.45) is 0.204. The maximum atomic E-state index is 13.8. The van der Waals surface area contributed by atoms with Gasteiger partial charge in [0, 0.05) is 59.3 Å². The van der Waals surface area contributed by atoms with Crippen LogP contribution in [0.25, 0.3) is 11.4 Å². The molecule has 1 unspecified atom stereocenters. The van der Waals surface area contributed by atoms with E-state index in [4.69, 9.17) is 9.84 Å². The van der Waals surface area contributed by atoms with Gasteiger partial charge < -0.3 is 20.5 Å². The molecule has 0 aliphatic rings. The topological polar surface area (TPSA) is 105 Å². The molecule has 0 bridgehead atoms. The molecule has 0 aliphatic carbocycles. The zero-order chi connectivity index (χ0) is 22.3. The molecule has 12 heteroatoms. The van der Waals surface area contributed by atoms with Crippen LogP contribution in [0.3, 0.4) is 0 Å². The van der Waals surface area contributed by atoms with E-state index in [1.807, 2.05) is 0 Å². The Kier molecular flexibility index (Phi) is 7.79. The van der Waals surface area contributed by atoms with Gasteiger partial charge in [0.25, 0.3) is 0 Å². The van der Waals surface area contributed by atoms with Crippen molar-refractivity contribution in [2.24, 2.45) is 0 Å². The van der Waals surface area contributed by atoms with Crippen molar-refractivity contribution in [1.82, 2.24) is 19.9 Å². The average molecular weight is 546 g/mol. The van der Waals surface area contributed by atoms with Crippen LogP contribution in [0.15, 0.2) is 48.9 Å². The second-order valence-electron chi connectivity index (χ2n) is 6.18. The lowest BCUT2D eigenvalue weighted by Crippen LogP contribution is -2.31. The fourth-order valence-corrected chi connectivity index (χ4v) is 2.68. The van der Waals surface area contributed by atoms with Crippen molar-refractivity contribution in [2.75, 3.05) is 23.8 Å². The van der Waals surface area contributed by atoms with Gasteiger partial charge in [0.1, 0.15) is 17.9 Å². The number of hydrogen-bond donors (Lipinski definition) is 3. The molecular formula is C19H18F3IN6O2. The molecule has 1 atom stereocenters.